The minimum atomic E-state index is -0.545. The first-order valence-electron chi connectivity index (χ1n) is 7.35. The van der Waals surface area contributed by atoms with Gasteiger partial charge in [0, 0.05) is 16.6 Å². The van der Waals surface area contributed by atoms with Gasteiger partial charge in [-0.1, -0.05) is 34.1 Å². The van der Waals surface area contributed by atoms with E-state index in [4.69, 9.17) is 16.6 Å². The predicted molar refractivity (Wildman–Crippen MR) is 102 cm³/mol. The molecule has 0 spiro atoms. The molecule has 2 heterocycles. The number of nitrogens with zero attached hydrogens (tertiary/aromatic N) is 1. The quantitative estimate of drug-likeness (QED) is 0.358. The molecule has 1 aliphatic rings. The number of hydrogen-bond acceptors (Lipinski definition) is 4. The fourth-order valence-electron chi connectivity index (χ4n) is 2.33. The topological polar surface area (TPSA) is 62.6 Å². The fraction of sp³-hybridized carbons (Fsp3) is 0.0556. The van der Waals surface area contributed by atoms with Crippen molar-refractivity contribution in [2.24, 2.45) is 0 Å². The molecule has 25 heavy (non-hydrogen) atoms. The number of carbonyl (C=O) groups excluding carboxylic acids is 2. The molecular weight excluding hydrogens is 404 g/mol. The highest BCUT2D eigenvalue weighted by atomic mass is 79.9. The van der Waals surface area contributed by atoms with E-state index in [0.29, 0.717) is 11.5 Å². The lowest BCUT2D eigenvalue weighted by Crippen LogP contribution is -2.53. The largest absolute Gasteiger partial charge is 0.457 e. The molecule has 5 nitrogen and oxygen atoms in total. The Bertz CT molecular complexity index is 899. The number of carbonyl (C=O) groups is 2. The minimum absolute atomic E-state index is 0.0350. The van der Waals surface area contributed by atoms with E-state index in [-0.39, 0.29) is 17.2 Å². The Balaban J connectivity index is 1.90. The third-order valence-electron chi connectivity index (χ3n) is 3.54. The summed E-state index contributed by atoms with van der Waals surface area (Å²) in [5, 5.41) is 2.57. The molecule has 1 aromatic heterocycles. The highest BCUT2D eigenvalue weighted by Gasteiger charge is 2.32. The molecule has 7 heteroatoms. The van der Waals surface area contributed by atoms with Crippen LogP contribution in [0, 0.1) is 0 Å². The molecule has 1 aromatic carbocycles. The van der Waals surface area contributed by atoms with Crippen LogP contribution in [0.4, 0.5) is 0 Å². The second-order valence-electron chi connectivity index (χ2n) is 5.23. The molecular formula is C18H13BrN2O3S. The predicted octanol–water partition coefficient (Wildman–Crippen LogP) is 3.52. The summed E-state index contributed by atoms with van der Waals surface area (Å²) in [7, 11) is 0. The van der Waals surface area contributed by atoms with Crippen molar-refractivity contribution in [3.8, 4) is 11.3 Å². The van der Waals surface area contributed by atoms with Gasteiger partial charge in [0.05, 0.1) is 0 Å². The monoisotopic (exact) mass is 416 g/mol. The zero-order chi connectivity index (χ0) is 18.0. The zero-order valence-corrected chi connectivity index (χ0v) is 15.4. The second kappa shape index (κ2) is 7.16. The van der Waals surface area contributed by atoms with Crippen LogP contribution in [0.25, 0.3) is 17.4 Å². The van der Waals surface area contributed by atoms with Crippen LogP contribution in [-0.4, -0.2) is 28.4 Å². The summed E-state index contributed by atoms with van der Waals surface area (Å²) in [6, 6.07) is 11.1. The van der Waals surface area contributed by atoms with Gasteiger partial charge < -0.3 is 4.42 Å². The number of rotatable bonds is 4. The molecule has 2 amide bonds. The number of halogens is 1. The number of hydrogen-bond donors (Lipinski definition) is 1. The molecule has 0 saturated carbocycles. The van der Waals surface area contributed by atoms with E-state index in [1.807, 2.05) is 24.3 Å². The summed E-state index contributed by atoms with van der Waals surface area (Å²) in [5.41, 5.74) is 0.855. The lowest BCUT2D eigenvalue weighted by molar-refractivity contribution is -0.128. The van der Waals surface area contributed by atoms with Gasteiger partial charge in [-0.15, -0.1) is 6.58 Å². The Morgan fingerprint density at radius 2 is 1.92 bits per heavy atom. The van der Waals surface area contributed by atoms with Crippen LogP contribution in [0.15, 0.2) is 63.5 Å². The number of thiocarbonyl (C=S) groups is 1. The van der Waals surface area contributed by atoms with Gasteiger partial charge in [0.2, 0.25) is 0 Å². The van der Waals surface area contributed by atoms with Gasteiger partial charge >= 0.3 is 0 Å². The zero-order valence-electron chi connectivity index (χ0n) is 13.0. The van der Waals surface area contributed by atoms with E-state index in [9.17, 15) is 9.59 Å². The summed E-state index contributed by atoms with van der Waals surface area (Å²) < 4.78 is 6.70. The van der Waals surface area contributed by atoms with Crippen molar-refractivity contribution in [3.63, 3.8) is 0 Å². The van der Waals surface area contributed by atoms with Gasteiger partial charge in [-0.2, -0.15) is 0 Å². The van der Waals surface area contributed by atoms with Gasteiger partial charge in [-0.25, -0.2) is 0 Å². The highest BCUT2D eigenvalue weighted by molar-refractivity contribution is 9.10. The lowest BCUT2D eigenvalue weighted by atomic mass is 10.1. The molecule has 0 unspecified atom stereocenters. The van der Waals surface area contributed by atoms with Crippen molar-refractivity contribution in [1.29, 1.82) is 0 Å². The molecule has 0 aliphatic carbocycles. The van der Waals surface area contributed by atoms with Crippen molar-refractivity contribution < 1.29 is 14.0 Å². The van der Waals surface area contributed by atoms with Crippen LogP contribution in [0.1, 0.15) is 5.76 Å². The van der Waals surface area contributed by atoms with Crippen molar-refractivity contribution in [2.75, 3.05) is 6.54 Å². The third-order valence-corrected chi connectivity index (χ3v) is 4.39. The van der Waals surface area contributed by atoms with Gasteiger partial charge in [0.1, 0.15) is 17.1 Å². The molecule has 3 rings (SSSR count). The first-order valence-corrected chi connectivity index (χ1v) is 8.55. The van der Waals surface area contributed by atoms with E-state index >= 15 is 0 Å². The maximum Gasteiger partial charge on any atom is 0.266 e. The van der Waals surface area contributed by atoms with E-state index in [0.717, 1.165) is 10.0 Å². The Hall–Kier alpha value is -2.51. The molecule has 1 saturated heterocycles. The molecule has 1 N–H and O–H groups in total. The van der Waals surface area contributed by atoms with Gasteiger partial charge in [-0.3, -0.25) is 19.8 Å². The molecule has 0 bridgehead atoms. The van der Waals surface area contributed by atoms with Crippen LogP contribution in [0.5, 0.6) is 0 Å². The highest BCUT2D eigenvalue weighted by Crippen LogP contribution is 2.25. The Morgan fingerprint density at radius 1 is 1.20 bits per heavy atom. The Morgan fingerprint density at radius 3 is 2.60 bits per heavy atom. The van der Waals surface area contributed by atoms with E-state index in [2.05, 4.69) is 27.8 Å². The number of furan rings is 1. The van der Waals surface area contributed by atoms with Crippen LogP contribution in [0.2, 0.25) is 0 Å². The summed E-state index contributed by atoms with van der Waals surface area (Å²) in [5.74, 6) is 0.0245. The van der Waals surface area contributed by atoms with E-state index in [1.165, 1.54) is 17.1 Å². The fourth-order valence-corrected chi connectivity index (χ4v) is 2.85. The van der Waals surface area contributed by atoms with Crippen LogP contribution < -0.4 is 5.32 Å². The molecule has 126 valence electrons. The first-order chi connectivity index (χ1) is 12.0. The number of benzene rings is 1. The van der Waals surface area contributed by atoms with E-state index in [1.54, 1.807) is 12.1 Å². The average Bonchev–Trinajstić information content (AvgIpc) is 3.05. The van der Waals surface area contributed by atoms with Gasteiger partial charge in [0.15, 0.2) is 5.11 Å². The lowest BCUT2D eigenvalue weighted by Gasteiger charge is -2.27. The van der Waals surface area contributed by atoms with Crippen molar-refractivity contribution >= 4 is 51.2 Å². The summed E-state index contributed by atoms with van der Waals surface area (Å²) in [4.78, 5) is 25.8. The van der Waals surface area contributed by atoms with E-state index < -0.39 is 11.8 Å². The van der Waals surface area contributed by atoms with Crippen molar-refractivity contribution in [3.05, 3.63) is 64.9 Å². The molecule has 2 aromatic rings. The Kier molecular flexibility index (Phi) is 4.96. The minimum Gasteiger partial charge on any atom is -0.457 e. The molecule has 1 fully saturated rings. The summed E-state index contributed by atoms with van der Waals surface area (Å²) >= 11 is 8.39. The van der Waals surface area contributed by atoms with Crippen LogP contribution >= 0.6 is 28.1 Å². The standard InChI is InChI=1S/C18H13BrN2O3S/c1-2-9-21-17(23)14(16(22)20-18(21)25)10-13-7-8-15(24-13)11-3-5-12(19)6-4-11/h2-8,10H,1,9H2,(H,20,22,25)/b14-10+. The van der Waals surface area contributed by atoms with Crippen molar-refractivity contribution in [1.82, 2.24) is 10.2 Å². The van der Waals surface area contributed by atoms with Crippen LogP contribution in [0.3, 0.4) is 0 Å². The molecule has 0 atom stereocenters. The number of nitrogens with one attached hydrogen (secondary N) is 1. The normalized spacial score (nSPS) is 16.3. The third kappa shape index (κ3) is 3.62. The second-order valence-corrected chi connectivity index (χ2v) is 6.53. The van der Waals surface area contributed by atoms with Gasteiger partial charge in [-0.05, 0) is 42.6 Å². The number of amides is 2. The Labute approximate surface area is 158 Å². The van der Waals surface area contributed by atoms with Crippen LogP contribution in [-0.2, 0) is 9.59 Å². The van der Waals surface area contributed by atoms with Crippen molar-refractivity contribution in [2.45, 2.75) is 0 Å². The van der Waals surface area contributed by atoms with Gasteiger partial charge in [0.25, 0.3) is 11.8 Å². The molecule has 1 aliphatic heterocycles. The maximum absolute atomic E-state index is 12.5. The molecule has 0 radical (unpaired) electrons. The summed E-state index contributed by atoms with van der Waals surface area (Å²) in [6.07, 6.45) is 2.95. The average molecular weight is 417 g/mol. The SMILES string of the molecule is C=CCN1C(=O)/C(=C/c2ccc(-c3ccc(Br)cc3)o2)C(=O)NC1=S. The smallest absolute Gasteiger partial charge is 0.266 e. The maximum atomic E-state index is 12.5. The first kappa shape index (κ1) is 17.3. The summed E-state index contributed by atoms with van der Waals surface area (Å²) in [6.45, 7) is 3.81.